The molecule has 70 valence electrons. The minimum atomic E-state index is -0.317. The summed E-state index contributed by atoms with van der Waals surface area (Å²) in [6.07, 6.45) is 2.71. The van der Waals surface area contributed by atoms with Crippen LogP contribution in [0.4, 0.5) is 0 Å². The van der Waals surface area contributed by atoms with Crippen LogP contribution < -0.4 is 5.73 Å². The van der Waals surface area contributed by atoms with Crippen molar-refractivity contribution in [2.24, 2.45) is 5.73 Å². The zero-order chi connectivity index (χ0) is 8.81. The molecule has 1 fully saturated rings. The third kappa shape index (κ3) is 3.69. The van der Waals surface area contributed by atoms with Crippen LogP contribution in [0.5, 0.6) is 0 Å². The lowest BCUT2D eigenvalue weighted by Gasteiger charge is -2.08. The van der Waals surface area contributed by atoms with Crippen LogP contribution in [0.3, 0.4) is 0 Å². The lowest BCUT2D eigenvalue weighted by molar-refractivity contribution is -0.119. The van der Waals surface area contributed by atoms with Gasteiger partial charge in [0.25, 0.3) is 0 Å². The van der Waals surface area contributed by atoms with E-state index in [1.54, 1.807) is 0 Å². The monoisotopic (exact) mass is 173 g/mol. The Labute approximate surface area is 72.0 Å². The van der Waals surface area contributed by atoms with E-state index >= 15 is 0 Å². The predicted octanol–water partition coefficient (Wildman–Crippen LogP) is 0.0574. The maximum atomic E-state index is 10.3. The number of hydrogen-bond acceptors (Lipinski definition) is 3. The fraction of sp³-hybridized carbons (Fsp3) is 0.875. The summed E-state index contributed by atoms with van der Waals surface area (Å²) < 4.78 is 10.5. The van der Waals surface area contributed by atoms with E-state index in [2.05, 4.69) is 0 Å². The van der Waals surface area contributed by atoms with Gasteiger partial charge in [-0.3, -0.25) is 4.79 Å². The van der Waals surface area contributed by atoms with Crippen molar-refractivity contribution in [2.75, 3.05) is 19.8 Å². The average molecular weight is 173 g/mol. The minimum Gasteiger partial charge on any atom is -0.378 e. The zero-order valence-electron chi connectivity index (χ0n) is 7.12. The molecule has 0 radical (unpaired) electrons. The van der Waals surface area contributed by atoms with Crippen LogP contribution in [0.25, 0.3) is 0 Å². The molecule has 1 amide bonds. The number of ether oxygens (including phenoxy) is 2. The highest BCUT2D eigenvalue weighted by Gasteiger charge is 2.14. The number of hydrogen-bond donors (Lipinski definition) is 1. The van der Waals surface area contributed by atoms with Gasteiger partial charge in [-0.15, -0.1) is 0 Å². The molecule has 1 aliphatic heterocycles. The summed E-state index contributed by atoms with van der Waals surface area (Å²) in [6, 6.07) is 0. The molecule has 12 heavy (non-hydrogen) atoms. The van der Waals surface area contributed by atoms with Crippen molar-refractivity contribution in [1.29, 1.82) is 0 Å². The number of rotatable bonds is 5. The largest absolute Gasteiger partial charge is 0.378 e. The van der Waals surface area contributed by atoms with Gasteiger partial charge in [-0.05, 0) is 12.8 Å². The van der Waals surface area contributed by atoms with Gasteiger partial charge >= 0.3 is 0 Å². The van der Waals surface area contributed by atoms with Gasteiger partial charge in [0.05, 0.1) is 19.3 Å². The van der Waals surface area contributed by atoms with Gasteiger partial charge in [0.1, 0.15) is 0 Å². The van der Waals surface area contributed by atoms with Crippen LogP contribution in [0.15, 0.2) is 0 Å². The van der Waals surface area contributed by atoms with Crippen LogP contribution in [-0.4, -0.2) is 31.8 Å². The van der Waals surface area contributed by atoms with Gasteiger partial charge in [0.2, 0.25) is 5.91 Å². The van der Waals surface area contributed by atoms with Gasteiger partial charge in [-0.2, -0.15) is 0 Å². The second-order valence-corrected chi connectivity index (χ2v) is 2.93. The Balaban J connectivity index is 1.91. The molecule has 0 aliphatic carbocycles. The molecule has 0 aromatic rings. The summed E-state index contributed by atoms with van der Waals surface area (Å²) in [5.74, 6) is -0.317. The highest BCUT2D eigenvalue weighted by atomic mass is 16.5. The van der Waals surface area contributed by atoms with E-state index in [0.29, 0.717) is 19.6 Å². The molecule has 0 aromatic carbocycles. The number of nitrogens with two attached hydrogens (primary N) is 1. The van der Waals surface area contributed by atoms with E-state index in [0.717, 1.165) is 19.4 Å². The lowest BCUT2D eigenvalue weighted by Crippen LogP contribution is -2.18. The molecule has 1 heterocycles. The fourth-order valence-electron chi connectivity index (χ4n) is 1.16. The molecular formula is C8H15NO3. The fourth-order valence-corrected chi connectivity index (χ4v) is 1.16. The molecule has 1 atom stereocenters. The molecule has 0 aromatic heterocycles. The number of carbonyl (C=O) groups excluding carboxylic acids is 1. The standard InChI is InChI=1S/C8H15NO3/c9-8(10)3-5-11-6-7-2-1-4-12-7/h7H,1-6H2,(H2,9,10). The van der Waals surface area contributed by atoms with Gasteiger partial charge in [-0.1, -0.05) is 0 Å². The van der Waals surface area contributed by atoms with Crippen molar-refractivity contribution in [1.82, 2.24) is 0 Å². The van der Waals surface area contributed by atoms with E-state index in [1.165, 1.54) is 0 Å². The SMILES string of the molecule is NC(=O)CCOCC1CCCO1. The van der Waals surface area contributed by atoms with Crippen LogP contribution in [-0.2, 0) is 14.3 Å². The Morgan fingerprint density at radius 3 is 3.08 bits per heavy atom. The first-order chi connectivity index (χ1) is 5.79. The Morgan fingerprint density at radius 1 is 1.67 bits per heavy atom. The summed E-state index contributed by atoms with van der Waals surface area (Å²) in [6.45, 7) is 1.84. The van der Waals surface area contributed by atoms with Gasteiger partial charge in [-0.25, -0.2) is 0 Å². The lowest BCUT2D eigenvalue weighted by atomic mass is 10.2. The Kier molecular flexibility index (Phi) is 4.04. The molecule has 4 heteroatoms. The first-order valence-electron chi connectivity index (χ1n) is 4.26. The summed E-state index contributed by atoms with van der Waals surface area (Å²) in [5, 5.41) is 0. The third-order valence-electron chi connectivity index (χ3n) is 1.82. The van der Waals surface area contributed by atoms with E-state index in [1.807, 2.05) is 0 Å². The molecule has 2 N–H and O–H groups in total. The molecule has 1 saturated heterocycles. The smallest absolute Gasteiger partial charge is 0.219 e. The van der Waals surface area contributed by atoms with Gasteiger partial charge < -0.3 is 15.2 Å². The molecule has 0 saturated carbocycles. The maximum Gasteiger partial charge on any atom is 0.219 e. The van der Waals surface area contributed by atoms with E-state index in [9.17, 15) is 4.79 Å². The van der Waals surface area contributed by atoms with Crippen molar-refractivity contribution in [3.8, 4) is 0 Å². The molecule has 0 bridgehead atoms. The van der Waals surface area contributed by atoms with Crippen LogP contribution >= 0.6 is 0 Å². The molecule has 0 spiro atoms. The second kappa shape index (κ2) is 5.11. The van der Waals surface area contributed by atoms with Crippen molar-refractivity contribution in [2.45, 2.75) is 25.4 Å². The summed E-state index contributed by atoms with van der Waals surface area (Å²) in [5.41, 5.74) is 4.94. The average Bonchev–Trinajstić information content (AvgIpc) is 2.49. The van der Waals surface area contributed by atoms with Crippen molar-refractivity contribution in [3.05, 3.63) is 0 Å². The summed E-state index contributed by atoms with van der Waals surface area (Å²) in [7, 11) is 0. The van der Waals surface area contributed by atoms with Crippen LogP contribution in [0.2, 0.25) is 0 Å². The van der Waals surface area contributed by atoms with E-state index in [4.69, 9.17) is 15.2 Å². The maximum absolute atomic E-state index is 10.3. The molecule has 4 nitrogen and oxygen atoms in total. The van der Waals surface area contributed by atoms with Crippen molar-refractivity contribution < 1.29 is 14.3 Å². The topological polar surface area (TPSA) is 61.6 Å². The Bertz CT molecular complexity index is 143. The first kappa shape index (κ1) is 9.48. The van der Waals surface area contributed by atoms with Gasteiger partial charge in [0.15, 0.2) is 0 Å². The molecular weight excluding hydrogens is 158 g/mol. The van der Waals surface area contributed by atoms with Crippen LogP contribution in [0.1, 0.15) is 19.3 Å². The highest BCUT2D eigenvalue weighted by Crippen LogP contribution is 2.11. The third-order valence-corrected chi connectivity index (χ3v) is 1.82. The minimum absolute atomic E-state index is 0.234. The van der Waals surface area contributed by atoms with Crippen LogP contribution in [0, 0.1) is 0 Å². The van der Waals surface area contributed by atoms with E-state index in [-0.39, 0.29) is 12.0 Å². The first-order valence-corrected chi connectivity index (χ1v) is 4.26. The zero-order valence-corrected chi connectivity index (χ0v) is 7.12. The summed E-state index contributed by atoms with van der Waals surface area (Å²) in [4.78, 5) is 10.3. The number of carbonyl (C=O) groups is 1. The normalized spacial score (nSPS) is 22.8. The van der Waals surface area contributed by atoms with Crippen molar-refractivity contribution >= 4 is 5.91 Å². The predicted molar refractivity (Wildman–Crippen MR) is 43.6 cm³/mol. The summed E-state index contributed by atoms with van der Waals surface area (Å²) >= 11 is 0. The molecule has 1 rings (SSSR count). The molecule has 1 aliphatic rings. The highest BCUT2D eigenvalue weighted by molar-refractivity contribution is 5.73. The van der Waals surface area contributed by atoms with Gasteiger partial charge in [0, 0.05) is 13.0 Å². The van der Waals surface area contributed by atoms with Crippen molar-refractivity contribution in [3.63, 3.8) is 0 Å². The second-order valence-electron chi connectivity index (χ2n) is 2.93. The molecule has 1 unspecified atom stereocenters. The number of primary amides is 1. The number of amides is 1. The quantitative estimate of drug-likeness (QED) is 0.598. The Hall–Kier alpha value is -0.610. The Morgan fingerprint density at radius 2 is 2.50 bits per heavy atom. The van der Waals surface area contributed by atoms with E-state index < -0.39 is 0 Å².